The summed E-state index contributed by atoms with van der Waals surface area (Å²) in [5, 5.41) is 9.57. The summed E-state index contributed by atoms with van der Waals surface area (Å²) in [5.41, 5.74) is 6.36. The van der Waals surface area contributed by atoms with Crippen molar-refractivity contribution in [3.05, 3.63) is 40.8 Å². The highest BCUT2D eigenvalue weighted by Gasteiger charge is 2.21. The number of ketones is 1. The van der Waals surface area contributed by atoms with Crippen LogP contribution >= 0.6 is 0 Å². The summed E-state index contributed by atoms with van der Waals surface area (Å²) in [4.78, 5) is 24.0. The van der Waals surface area contributed by atoms with Gasteiger partial charge in [-0.1, -0.05) is 0 Å². The quantitative estimate of drug-likeness (QED) is 0.508. The number of furan rings is 1. The lowest BCUT2D eigenvalue weighted by atomic mass is 10.1. The molecule has 2 N–H and O–H groups in total. The molecule has 0 fully saturated rings. The maximum absolute atomic E-state index is 12.1. The Balaban J connectivity index is 2.21. The first-order chi connectivity index (χ1) is 11.4. The second-order valence-corrected chi connectivity index (χ2v) is 5.09. The summed E-state index contributed by atoms with van der Waals surface area (Å²) >= 11 is 0. The monoisotopic (exact) mass is 328 g/mol. The van der Waals surface area contributed by atoms with Gasteiger partial charge in [0.05, 0.1) is 7.11 Å². The molecule has 0 radical (unpaired) electrons. The Kier molecular flexibility index (Phi) is 4.90. The molecule has 24 heavy (non-hydrogen) atoms. The maximum Gasteiger partial charge on any atom is 0.375 e. The van der Waals surface area contributed by atoms with E-state index in [0.717, 1.165) is 0 Å². The highest BCUT2D eigenvalue weighted by Crippen LogP contribution is 2.29. The average Bonchev–Trinajstić information content (AvgIpc) is 2.89. The van der Waals surface area contributed by atoms with Crippen LogP contribution in [0.25, 0.3) is 11.0 Å². The molecule has 1 aromatic heterocycles. The van der Waals surface area contributed by atoms with Gasteiger partial charge in [0.1, 0.15) is 23.0 Å². The molecular formula is C17H16N2O5. The molecule has 0 aliphatic heterocycles. The molecule has 0 bridgehead atoms. The smallest absolute Gasteiger partial charge is 0.375 e. The highest BCUT2D eigenvalue weighted by molar-refractivity contribution is 6.02. The Morgan fingerprint density at radius 2 is 2.08 bits per heavy atom. The highest BCUT2D eigenvalue weighted by atomic mass is 16.5. The number of nitrogens with zero attached hydrogens (tertiary/aromatic N) is 1. The molecule has 0 saturated carbocycles. The van der Waals surface area contributed by atoms with Gasteiger partial charge < -0.3 is 19.6 Å². The van der Waals surface area contributed by atoms with Gasteiger partial charge in [-0.15, -0.1) is 0 Å². The van der Waals surface area contributed by atoms with Crippen molar-refractivity contribution >= 4 is 22.7 Å². The number of hydrogen-bond donors (Lipinski definition) is 1. The minimum atomic E-state index is -0.789. The van der Waals surface area contributed by atoms with E-state index in [1.54, 1.807) is 31.2 Å². The standard InChI is InChI=1S/C17H16N2O5/c1-9-12-6-11(22-3)4-5-15(12)24-16(9)17(21)23-8-14(20)13(7-18)10(2)19/h4-6H,8,19H2,1-3H3/b13-10+. The number of Topliss-reactive ketones (excluding diaryl/α,β-unsaturated/α-hetero) is 1. The normalized spacial score (nSPS) is 11.6. The topological polar surface area (TPSA) is 116 Å². The summed E-state index contributed by atoms with van der Waals surface area (Å²) in [6.45, 7) is 2.54. The number of carbonyl (C=O) groups excluding carboxylic acids is 2. The summed E-state index contributed by atoms with van der Waals surface area (Å²) in [6, 6.07) is 6.81. The zero-order valence-electron chi connectivity index (χ0n) is 13.5. The largest absolute Gasteiger partial charge is 0.497 e. The molecule has 0 spiro atoms. The van der Waals surface area contributed by atoms with E-state index in [9.17, 15) is 9.59 Å². The van der Waals surface area contributed by atoms with Gasteiger partial charge in [-0.25, -0.2) is 4.79 Å². The van der Waals surface area contributed by atoms with Crippen molar-refractivity contribution in [2.24, 2.45) is 5.73 Å². The summed E-state index contributed by atoms with van der Waals surface area (Å²) < 4.78 is 15.6. The fraction of sp³-hybridized carbons (Fsp3) is 0.235. The predicted molar refractivity (Wildman–Crippen MR) is 85.3 cm³/mol. The van der Waals surface area contributed by atoms with Gasteiger partial charge in [0.2, 0.25) is 11.5 Å². The van der Waals surface area contributed by atoms with Gasteiger partial charge in [-0.2, -0.15) is 5.26 Å². The fourth-order valence-electron chi connectivity index (χ4n) is 2.16. The number of hydrogen-bond acceptors (Lipinski definition) is 7. The molecule has 1 heterocycles. The number of esters is 1. The SMILES string of the molecule is COc1ccc2oc(C(=O)OCC(=O)/C(C#N)=C(\C)N)c(C)c2c1. The lowest BCUT2D eigenvalue weighted by Gasteiger charge is -2.03. The molecule has 0 saturated heterocycles. The third-order valence-corrected chi connectivity index (χ3v) is 3.45. The van der Waals surface area contributed by atoms with Crippen LogP contribution in [0.5, 0.6) is 5.75 Å². The van der Waals surface area contributed by atoms with Crippen LogP contribution in [0.15, 0.2) is 33.9 Å². The van der Waals surface area contributed by atoms with Gasteiger partial charge >= 0.3 is 5.97 Å². The third-order valence-electron chi connectivity index (χ3n) is 3.45. The molecule has 0 atom stereocenters. The number of allylic oxidation sites excluding steroid dienone is 1. The number of fused-ring (bicyclic) bond motifs is 1. The Labute approximate surface area is 138 Å². The lowest BCUT2D eigenvalue weighted by Crippen LogP contribution is -2.17. The van der Waals surface area contributed by atoms with Gasteiger partial charge in [-0.3, -0.25) is 4.79 Å². The molecule has 0 unspecified atom stereocenters. The Hall–Kier alpha value is -3.27. The second-order valence-electron chi connectivity index (χ2n) is 5.09. The van der Waals surface area contributed by atoms with Gasteiger partial charge in [0, 0.05) is 16.6 Å². The van der Waals surface area contributed by atoms with Crippen LogP contribution in [0, 0.1) is 18.3 Å². The third kappa shape index (κ3) is 3.22. The predicted octanol–water partition coefficient (Wildman–Crippen LogP) is 2.23. The summed E-state index contributed by atoms with van der Waals surface area (Å²) in [6.07, 6.45) is 0. The van der Waals surface area contributed by atoms with Crippen LogP contribution < -0.4 is 10.5 Å². The van der Waals surface area contributed by atoms with E-state index in [1.165, 1.54) is 14.0 Å². The van der Waals surface area contributed by atoms with E-state index < -0.39 is 18.4 Å². The van der Waals surface area contributed by atoms with Crippen LogP contribution in [0.4, 0.5) is 0 Å². The van der Waals surface area contributed by atoms with Crippen LogP contribution in [-0.2, 0) is 9.53 Å². The van der Waals surface area contributed by atoms with E-state index in [4.69, 9.17) is 24.9 Å². The van der Waals surface area contributed by atoms with Gasteiger partial charge in [0.15, 0.2) is 6.61 Å². The van der Waals surface area contributed by atoms with E-state index in [0.29, 0.717) is 22.3 Å². The molecule has 2 rings (SSSR count). The van der Waals surface area contributed by atoms with Gasteiger partial charge in [-0.05, 0) is 32.0 Å². The van der Waals surface area contributed by atoms with Crippen LogP contribution in [0.3, 0.4) is 0 Å². The number of nitrogens with two attached hydrogens (primary N) is 1. The lowest BCUT2D eigenvalue weighted by molar-refractivity contribution is -0.118. The summed E-state index contributed by atoms with van der Waals surface area (Å²) in [5.74, 6) is -0.828. The van der Waals surface area contributed by atoms with Crippen molar-refractivity contribution in [3.8, 4) is 11.8 Å². The zero-order valence-corrected chi connectivity index (χ0v) is 13.5. The van der Waals surface area contributed by atoms with Gasteiger partial charge in [0.25, 0.3) is 0 Å². The zero-order chi connectivity index (χ0) is 17.9. The number of methoxy groups -OCH3 is 1. The maximum atomic E-state index is 12.1. The number of nitriles is 1. The minimum absolute atomic E-state index is 0.00184. The molecule has 0 aliphatic carbocycles. The summed E-state index contributed by atoms with van der Waals surface area (Å²) in [7, 11) is 1.54. The van der Waals surface area contributed by atoms with Crippen molar-refractivity contribution in [1.29, 1.82) is 5.26 Å². The van der Waals surface area contributed by atoms with Crippen LogP contribution in [0.2, 0.25) is 0 Å². The number of carbonyl (C=O) groups is 2. The number of benzene rings is 1. The first-order valence-electron chi connectivity index (χ1n) is 7.03. The van der Waals surface area contributed by atoms with E-state index in [1.807, 2.05) is 0 Å². The molecule has 7 heteroatoms. The Morgan fingerprint density at radius 3 is 2.67 bits per heavy atom. The van der Waals surface area contributed by atoms with Crippen molar-refractivity contribution in [2.75, 3.05) is 13.7 Å². The molecule has 1 aromatic carbocycles. The van der Waals surface area contributed by atoms with Crippen molar-refractivity contribution in [1.82, 2.24) is 0 Å². The number of aryl methyl sites for hydroxylation is 1. The molecule has 0 aliphatic rings. The first-order valence-corrected chi connectivity index (χ1v) is 7.03. The van der Waals surface area contributed by atoms with Crippen molar-refractivity contribution in [3.63, 3.8) is 0 Å². The van der Waals surface area contributed by atoms with Crippen LogP contribution in [-0.4, -0.2) is 25.5 Å². The first kappa shape index (κ1) is 17.1. The molecule has 0 amide bonds. The van der Waals surface area contributed by atoms with E-state index >= 15 is 0 Å². The van der Waals surface area contributed by atoms with E-state index in [-0.39, 0.29) is 17.0 Å². The van der Waals surface area contributed by atoms with Crippen molar-refractivity contribution in [2.45, 2.75) is 13.8 Å². The molecular weight excluding hydrogens is 312 g/mol. The molecule has 2 aromatic rings. The average molecular weight is 328 g/mol. The Morgan fingerprint density at radius 1 is 1.38 bits per heavy atom. The molecule has 124 valence electrons. The fourth-order valence-corrected chi connectivity index (χ4v) is 2.16. The van der Waals surface area contributed by atoms with Crippen molar-refractivity contribution < 1.29 is 23.5 Å². The molecule has 7 nitrogen and oxygen atoms in total. The number of ether oxygens (including phenoxy) is 2. The number of rotatable bonds is 5. The van der Waals surface area contributed by atoms with Crippen LogP contribution in [0.1, 0.15) is 23.0 Å². The second kappa shape index (κ2) is 6.87. The van der Waals surface area contributed by atoms with E-state index in [2.05, 4.69) is 0 Å². The minimum Gasteiger partial charge on any atom is -0.497 e. The Bertz CT molecular complexity index is 882.